The minimum absolute atomic E-state index is 0.00202. The van der Waals surface area contributed by atoms with E-state index >= 15 is 0 Å². The Balaban J connectivity index is 2.61. The Bertz CT molecular complexity index is 1220. The van der Waals surface area contributed by atoms with Crippen molar-refractivity contribution in [1.82, 2.24) is 10.2 Å². The van der Waals surface area contributed by atoms with E-state index in [4.69, 9.17) is 52.1 Å². The Labute approximate surface area is 365 Å². The number of nitrogens with one attached hydrogen (secondary N) is 1. The van der Waals surface area contributed by atoms with Crippen LogP contribution in [-0.2, 0) is 85.7 Å². The molecule has 1 N–H and O–H groups in total. The molecule has 0 spiro atoms. The second-order valence-corrected chi connectivity index (χ2v) is 14.3. The Hall–Kier alpha value is -3.89. The van der Waals surface area contributed by atoms with Crippen LogP contribution in [0.4, 0.5) is 0 Å². The quantitative estimate of drug-likeness (QED) is 0.0395. The Morgan fingerprint density at radius 3 is 1.31 bits per heavy atom. The van der Waals surface area contributed by atoms with Crippen molar-refractivity contribution in [3.05, 3.63) is 12.2 Å². The fourth-order valence-corrected chi connectivity index (χ4v) is 5.53. The molecule has 20 nitrogen and oxygen atoms in total. The molecule has 0 bridgehead atoms. The molecule has 1 rings (SSSR count). The number of ketones is 1. The molecular formula is C42H70N2O18. The molecule has 0 aromatic rings. The predicted molar refractivity (Wildman–Crippen MR) is 220 cm³/mol. The standard InChI is InChI=1S/C42H70N2O18/c1-52-19-6-11-39(49)60-28-25-57-32-42(33-58-26-29-61-40(50)12-7-20-53-2,34-59-27-30-62-41(51)13-8-21-54-3)31-56-24-23-55-22-5-10-35(45)9-4-17-43-36(46)16-18-44-37(47)14-15-38(44)48/h14-15H,4-13,16-34H2,1-3H3,(H,43,46). The topological polar surface area (TPSA) is 236 Å². The van der Waals surface area contributed by atoms with E-state index in [0.717, 1.165) is 4.90 Å². The van der Waals surface area contributed by atoms with Crippen molar-refractivity contribution in [1.29, 1.82) is 0 Å². The van der Waals surface area contributed by atoms with Gasteiger partial charge < -0.3 is 57.4 Å². The zero-order valence-electron chi connectivity index (χ0n) is 37.0. The average Bonchev–Trinajstić information content (AvgIpc) is 3.57. The number of imide groups is 1. The van der Waals surface area contributed by atoms with Crippen LogP contribution in [0, 0.1) is 5.41 Å². The van der Waals surface area contributed by atoms with E-state index in [-0.39, 0.29) is 148 Å². The third kappa shape index (κ3) is 30.2. The molecule has 62 heavy (non-hydrogen) atoms. The molecule has 20 heteroatoms. The number of amides is 3. The molecule has 356 valence electrons. The van der Waals surface area contributed by atoms with E-state index in [1.165, 1.54) is 12.2 Å². The summed E-state index contributed by atoms with van der Waals surface area (Å²) in [5, 5.41) is 2.70. The third-order valence-corrected chi connectivity index (χ3v) is 8.83. The van der Waals surface area contributed by atoms with Gasteiger partial charge in [-0.05, 0) is 32.1 Å². The van der Waals surface area contributed by atoms with Crippen molar-refractivity contribution in [3.63, 3.8) is 0 Å². The van der Waals surface area contributed by atoms with E-state index in [9.17, 15) is 33.6 Å². The molecule has 0 aliphatic carbocycles. The summed E-state index contributed by atoms with van der Waals surface area (Å²) in [6.07, 6.45) is 6.15. The summed E-state index contributed by atoms with van der Waals surface area (Å²) >= 11 is 0. The Morgan fingerprint density at radius 1 is 0.484 bits per heavy atom. The van der Waals surface area contributed by atoms with E-state index in [1.54, 1.807) is 21.3 Å². The minimum Gasteiger partial charge on any atom is -0.463 e. The van der Waals surface area contributed by atoms with Crippen LogP contribution < -0.4 is 5.32 Å². The zero-order chi connectivity index (χ0) is 45.5. The van der Waals surface area contributed by atoms with Gasteiger partial charge in [0, 0.05) is 112 Å². The van der Waals surface area contributed by atoms with Crippen LogP contribution in [0.15, 0.2) is 12.2 Å². The largest absolute Gasteiger partial charge is 0.463 e. The summed E-state index contributed by atoms with van der Waals surface area (Å²) in [5.74, 6) is -2.25. The summed E-state index contributed by atoms with van der Waals surface area (Å²) in [4.78, 5) is 84.7. The number of Topliss-reactive ketones (excluding diaryl/α,β-unsaturated/α-hetero) is 1. The molecule has 0 saturated carbocycles. The second kappa shape index (κ2) is 37.6. The highest BCUT2D eigenvalue weighted by Gasteiger charge is 2.33. The summed E-state index contributed by atoms with van der Waals surface area (Å²) in [7, 11) is 4.67. The maximum atomic E-state index is 12.3. The highest BCUT2D eigenvalue weighted by molar-refractivity contribution is 6.13. The van der Waals surface area contributed by atoms with Crippen LogP contribution in [0.25, 0.3) is 0 Å². The summed E-state index contributed by atoms with van der Waals surface area (Å²) in [6.45, 7) is 3.09. The number of esters is 3. The lowest BCUT2D eigenvalue weighted by Crippen LogP contribution is -2.43. The third-order valence-electron chi connectivity index (χ3n) is 8.83. The van der Waals surface area contributed by atoms with Gasteiger partial charge in [0.05, 0.1) is 64.9 Å². The monoisotopic (exact) mass is 890 g/mol. The van der Waals surface area contributed by atoms with Gasteiger partial charge in [0.1, 0.15) is 25.6 Å². The SMILES string of the molecule is COCCCC(=O)OCCOCC(COCCOCCCC(=O)CCCNC(=O)CCN1C(=O)C=CC1=O)(COCCOC(=O)CCCOC)COCCOC(=O)CCCOC. The molecule has 0 atom stereocenters. The van der Waals surface area contributed by atoms with Gasteiger partial charge in [-0.15, -0.1) is 0 Å². The molecule has 3 amide bonds. The Morgan fingerprint density at radius 2 is 0.871 bits per heavy atom. The molecule has 0 aromatic heterocycles. The number of carbonyl (C=O) groups is 7. The van der Waals surface area contributed by atoms with E-state index in [1.807, 2.05) is 0 Å². The second-order valence-electron chi connectivity index (χ2n) is 14.3. The summed E-state index contributed by atoms with van der Waals surface area (Å²) in [5.41, 5.74) is -0.886. The summed E-state index contributed by atoms with van der Waals surface area (Å²) in [6, 6.07) is 0. The lowest BCUT2D eigenvalue weighted by atomic mass is 9.92. The van der Waals surface area contributed by atoms with Crippen LogP contribution in [0.1, 0.15) is 70.6 Å². The van der Waals surface area contributed by atoms with Gasteiger partial charge >= 0.3 is 17.9 Å². The highest BCUT2D eigenvalue weighted by atomic mass is 16.6. The van der Waals surface area contributed by atoms with Crippen LogP contribution in [0.3, 0.4) is 0 Å². The van der Waals surface area contributed by atoms with Crippen LogP contribution in [-0.4, -0.2) is 186 Å². The van der Waals surface area contributed by atoms with Crippen molar-refractivity contribution in [2.45, 2.75) is 70.6 Å². The first-order chi connectivity index (χ1) is 30.1. The molecule has 0 saturated heterocycles. The lowest BCUT2D eigenvalue weighted by molar-refractivity contribution is -0.151. The number of carbonyl (C=O) groups excluding carboxylic acids is 7. The number of nitrogens with zero attached hydrogens (tertiary/aromatic N) is 1. The molecule has 1 heterocycles. The zero-order valence-corrected chi connectivity index (χ0v) is 37.0. The van der Waals surface area contributed by atoms with E-state index in [2.05, 4.69) is 5.32 Å². The molecule has 1 aliphatic heterocycles. The van der Waals surface area contributed by atoms with Gasteiger partial charge in [-0.2, -0.15) is 0 Å². The smallest absolute Gasteiger partial charge is 0.305 e. The van der Waals surface area contributed by atoms with Crippen molar-refractivity contribution in [2.75, 3.05) is 140 Å². The Kier molecular flexibility index (Phi) is 34.1. The fraction of sp³-hybridized carbons (Fsp3) is 0.786. The molecule has 0 fully saturated rings. The number of hydrogen-bond donors (Lipinski definition) is 1. The van der Waals surface area contributed by atoms with Gasteiger partial charge in [-0.1, -0.05) is 0 Å². The van der Waals surface area contributed by atoms with E-state index in [0.29, 0.717) is 71.5 Å². The van der Waals surface area contributed by atoms with Crippen LogP contribution >= 0.6 is 0 Å². The van der Waals surface area contributed by atoms with Crippen molar-refractivity contribution < 1.29 is 85.7 Å². The van der Waals surface area contributed by atoms with Crippen LogP contribution in [0.2, 0.25) is 0 Å². The fourth-order valence-electron chi connectivity index (χ4n) is 5.53. The number of hydrogen-bond acceptors (Lipinski definition) is 18. The van der Waals surface area contributed by atoms with Crippen molar-refractivity contribution in [3.8, 4) is 0 Å². The molecule has 0 aromatic carbocycles. The summed E-state index contributed by atoms with van der Waals surface area (Å²) < 4.78 is 60.3. The van der Waals surface area contributed by atoms with Gasteiger partial charge in [-0.25, -0.2) is 0 Å². The molecule has 1 aliphatic rings. The number of methoxy groups -OCH3 is 3. The van der Waals surface area contributed by atoms with Gasteiger partial charge in [-0.3, -0.25) is 38.5 Å². The highest BCUT2D eigenvalue weighted by Crippen LogP contribution is 2.21. The predicted octanol–water partition coefficient (Wildman–Crippen LogP) is 1.53. The maximum Gasteiger partial charge on any atom is 0.305 e. The van der Waals surface area contributed by atoms with Gasteiger partial charge in [0.15, 0.2) is 0 Å². The minimum atomic E-state index is -0.886. The van der Waals surface area contributed by atoms with E-state index < -0.39 is 17.2 Å². The normalized spacial score (nSPS) is 12.5. The first kappa shape index (κ1) is 56.1. The first-order valence-corrected chi connectivity index (χ1v) is 21.2. The van der Waals surface area contributed by atoms with Gasteiger partial charge in [0.25, 0.3) is 11.8 Å². The lowest BCUT2D eigenvalue weighted by Gasteiger charge is -2.33. The molecular weight excluding hydrogens is 820 g/mol. The van der Waals surface area contributed by atoms with Crippen LogP contribution in [0.5, 0.6) is 0 Å². The van der Waals surface area contributed by atoms with Gasteiger partial charge in [0.2, 0.25) is 5.91 Å². The molecule has 0 radical (unpaired) electrons. The first-order valence-electron chi connectivity index (χ1n) is 21.2. The molecule has 0 unspecified atom stereocenters. The average molecular weight is 891 g/mol. The number of rotatable bonds is 43. The van der Waals surface area contributed by atoms with Crippen molar-refractivity contribution >= 4 is 41.4 Å². The number of ether oxygens (including phenoxy) is 11. The van der Waals surface area contributed by atoms with Crippen molar-refractivity contribution in [2.24, 2.45) is 5.41 Å². The maximum absolute atomic E-state index is 12.3.